The molecule has 0 saturated heterocycles. The normalized spacial score (nSPS) is 11.0. The maximum Gasteiger partial charge on any atom is 0.191 e. The van der Waals surface area contributed by atoms with Gasteiger partial charge in [-0.15, -0.1) is 10.2 Å². The van der Waals surface area contributed by atoms with Crippen LogP contribution in [0.15, 0.2) is 41.8 Å². The predicted octanol–water partition coefficient (Wildman–Crippen LogP) is 3.78. The van der Waals surface area contributed by atoms with Crippen molar-refractivity contribution in [1.82, 2.24) is 24.3 Å². The van der Waals surface area contributed by atoms with Gasteiger partial charge >= 0.3 is 0 Å². The second kappa shape index (κ2) is 8.20. The molecule has 0 atom stereocenters. The van der Waals surface area contributed by atoms with Gasteiger partial charge in [-0.2, -0.15) is 0 Å². The number of thioether (sulfide) groups is 1. The van der Waals surface area contributed by atoms with Crippen LogP contribution in [0.1, 0.15) is 25.6 Å². The minimum Gasteiger partial charge on any atom is -0.497 e. The fraction of sp³-hybridized carbons (Fsp3) is 0.389. The van der Waals surface area contributed by atoms with Crippen molar-refractivity contribution in [1.29, 1.82) is 0 Å². The molecule has 7 heteroatoms. The average molecular weight is 357 g/mol. The molecule has 0 aliphatic rings. The van der Waals surface area contributed by atoms with Crippen LogP contribution >= 0.6 is 11.8 Å². The Kier molecular flexibility index (Phi) is 5.75. The molecule has 0 radical (unpaired) electrons. The van der Waals surface area contributed by atoms with Crippen molar-refractivity contribution in [3.8, 4) is 17.1 Å². The Bertz CT molecular complexity index is 809. The zero-order chi connectivity index (χ0) is 17.6. The SMILES string of the molecule is CCCCn1c(SCc2nccn2C)nnc1-c1ccc(OC)cc1. The average Bonchev–Trinajstić information content (AvgIpc) is 3.24. The number of methoxy groups -OCH3 is 1. The Balaban J connectivity index is 1.85. The number of imidazole rings is 1. The van der Waals surface area contributed by atoms with E-state index in [1.807, 2.05) is 48.3 Å². The molecule has 6 nitrogen and oxygen atoms in total. The third-order valence-corrected chi connectivity index (χ3v) is 5.01. The molecule has 132 valence electrons. The number of hydrogen-bond donors (Lipinski definition) is 0. The van der Waals surface area contributed by atoms with Gasteiger partial charge in [-0.25, -0.2) is 4.98 Å². The van der Waals surface area contributed by atoms with Crippen molar-refractivity contribution in [2.45, 2.75) is 37.2 Å². The molecule has 3 aromatic rings. The predicted molar refractivity (Wildman–Crippen MR) is 99.7 cm³/mol. The van der Waals surface area contributed by atoms with Crippen molar-refractivity contribution in [3.63, 3.8) is 0 Å². The maximum atomic E-state index is 5.24. The molecule has 0 aliphatic heterocycles. The number of rotatable bonds is 8. The molecule has 0 amide bonds. The maximum absolute atomic E-state index is 5.24. The van der Waals surface area contributed by atoms with Crippen molar-refractivity contribution in [3.05, 3.63) is 42.5 Å². The highest BCUT2D eigenvalue weighted by Gasteiger charge is 2.15. The monoisotopic (exact) mass is 357 g/mol. The topological polar surface area (TPSA) is 57.8 Å². The highest BCUT2D eigenvalue weighted by Crippen LogP contribution is 2.27. The Hall–Kier alpha value is -2.28. The fourth-order valence-electron chi connectivity index (χ4n) is 2.53. The standard InChI is InChI=1S/C18H23N5OS/c1-4-5-11-23-17(14-6-8-15(24-3)9-7-14)20-21-18(23)25-13-16-19-10-12-22(16)2/h6-10,12H,4-5,11,13H2,1-3H3. The molecule has 25 heavy (non-hydrogen) atoms. The molecule has 3 rings (SSSR count). The molecule has 0 saturated carbocycles. The van der Waals surface area contributed by atoms with Gasteiger partial charge in [0.2, 0.25) is 0 Å². The van der Waals surface area contributed by atoms with Gasteiger partial charge in [0.1, 0.15) is 11.6 Å². The van der Waals surface area contributed by atoms with Crippen LogP contribution in [-0.4, -0.2) is 31.4 Å². The third-order valence-electron chi connectivity index (χ3n) is 4.05. The Labute approximate surface area is 152 Å². The van der Waals surface area contributed by atoms with Gasteiger partial charge in [-0.3, -0.25) is 0 Å². The number of aryl methyl sites for hydroxylation is 1. The molecular weight excluding hydrogens is 334 g/mol. The van der Waals surface area contributed by atoms with Gasteiger partial charge < -0.3 is 13.9 Å². The van der Waals surface area contributed by atoms with Crippen LogP contribution < -0.4 is 4.74 Å². The summed E-state index contributed by atoms with van der Waals surface area (Å²) >= 11 is 1.67. The summed E-state index contributed by atoms with van der Waals surface area (Å²) in [5.74, 6) is 3.54. The minimum absolute atomic E-state index is 0.774. The first kappa shape index (κ1) is 17.5. The van der Waals surface area contributed by atoms with E-state index in [4.69, 9.17) is 4.74 Å². The molecule has 0 N–H and O–H groups in total. The fourth-order valence-corrected chi connectivity index (χ4v) is 3.50. The lowest BCUT2D eigenvalue weighted by Crippen LogP contribution is -2.03. The van der Waals surface area contributed by atoms with Gasteiger partial charge in [0.15, 0.2) is 11.0 Å². The Morgan fingerprint density at radius 2 is 1.96 bits per heavy atom. The molecule has 0 bridgehead atoms. The van der Waals surface area contributed by atoms with Crippen LogP contribution in [0.25, 0.3) is 11.4 Å². The minimum atomic E-state index is 0.774. The van der Waals surface area contributed by atoms with Crippen LogP contribution in [0.2, 0.25) is 0 Å². The van der Waals surface area contributed by atoms with E-state index in [-0.39, 0.29) is 0 Å². The lowest BCUT2D eigenvalue weighted by Gasteiger charge is -2.10. The van der Waals surface area contributed by atoms with Gasteiger partial charge in [0.05, 0.1) is 12.9 Å². The third kappa shape index (κ3) is 4.04. The van der Waals surface area contributed by atoms with Gasteiger partial charge in [0.25, 0.3) is 0 Å². The zero-order valence-corrected chi connectivity index (χ0v) is 15.7. The van der Waals surface area contributed by atoms with E-state index < -0.39 is 0 Å². The Morgan fingerprint density at radius 1 is 1.16 bits per heavy atom. The number of benzene rings is 1. The molecular formula is C18H23N5OS. The molecule has 0 unspecified atom stereocenters. The van der Waals surface area contributed by atoms with Gasteiger partial charge in [-0.05, 0) is 30.7 Å². The summed E-state index contributed by atoms with van der Waals surface area (Å²) < 4.78 is 9.48. The van der Waals surface area contributed by atoms with Crippen molar-refractivity contribution < 1.29 is 4.74 Å². The molecule has 0 aliphatic carbocycles. The van der Waals surface area contributed by atoms with E-state index >= 15 is 0 Å². The van der Waals surface area contributed by atoms with Crippen LogP contribution in [0.4, 0.5) is 0 Å². The first-order valence-electron chi connectivity index (χ1n) is 8.39. The summed E-state index contributed by atoms with van der Waals surface area (Å²) in [4.78, 5) is 4.38. The van der Waals surface area contributed by atoms with Crippen LogP contribution in [0.3, 0.4) is 0 Å². The lowest BCUT2D eigenvalue weighted by molar-refractivity contribution is 0.415. The van der Waals surface area contributed by atoms with Crippen molar-refractivity contribution >= 4 is 11.8 Å². The van der Waals surface area contributed by atoms with Crippen LogP contribution in [0, 0.1) is 0 Å². The molecule has 2 heterocycles. The van der Waals surface area contributed by atoms with Crippen LogP contribution in [0.5, 0.6) is 5.75 Å². The van der Waals surface area contributed by atoms with E-state index in [9.17, 15) is 0 Å². The van der Waals surface area contributed by atoms with E-state index in [1.165, 1.54) is 0 Å². The molecule has 0 fully saturated rings. The van der Waals surface area contributed by atoms with Crippen molar-refractivity contribution in [2.75, 3.05) is 7.11 Å². The number of ether oxygens (including phenoxy) is 1. The second-order valence-electron chi connectivity index (χ2n) is 5.78. The smallest absolute Gasteiger partial charge is 0.191 e. The summed E-state index contributed by atoms with van der Waals surface area (Å²) in [6.07, 6.45) is 6.00. The quantitative estimate of drug-likeness (QED) is 0.574. The number of unbranched alkanes of at least 4 members (excludes halogenated alkanes) is 1. The summed E-state index contributed by atoms with van der Waals surface area (Å²) in [6, 6.07) is 7.96. The summed E-state index contributed by atoms with van der Waals surface area (Å²) in [7, 11) is 3.68. The lowest BCUT2D eigenvalue weighted by atomic mass is 10.2. The van der Waals surface area contributed by atoms with Gasteiger partial charge in [0, 0.05) is 31.5 Å². The van der Waals surface area contributed by atoms with E-state index in [2.05, 4.69) is 26.7 Å². The van der Waals surface area contributed by atoms with E-state index in [0.717, 1.165) is 53.3 Å². The van der Waals surface area contributed by atoms with Gasteiger partial charge in [-0.1, -0.05) is 25.1 Å². The molecule has 0 spiro atoms. The number of aromatic nitrogens is 5. The second-order valence-corrected chi connectivity index (χ2v) is 6.73. The summed E-state index contributed by atoms with van der Waals surface area (Å²) in [5, 5.41) is 9.80. The molecule has 2 aromatic heterocycles. The zero-order valence-electron chi connectivity index (χ0n) is 14.8. The Morgan fingerprint density at radius 3 is 2.60 bits per heavy atom. The number of nitrogens with zero attached hydrogens (tertiary/aromatic N) is 5. The number of hydrogen-bond acceptors (Lipinski definition) is 5. The summed E-state index contributed by atoms with van der Waals surface area (Å²) in [6.45, 7) is 3.10. The molecule has 1 aromatic carbocycles. The van der Waals surface area contributed by atoms with E-state index in [0.29, 0.717) is 0 Å². The first-order chi connectivity index (χ1) is 12.2. The summed E-state index contributed by atoms with van der Waals surface area (Å²) in [5.41, 5.74) is 1.05. The highest BCUT2D eigenvalue weighted by molar-refractivity contribution is 7.98. The first-order valence-corrected chi connectivity index (χ1v) is 9.38. The van der Waals surface area contributed by atoms with Crippen molar-refractivity contribution in [2.24, 2.45) is 7.05 Å². The van der Waals surface area contributed by atoms with E-state index in [1.54, 1.807) is 18.9 Å². The highest BCUT2D eigenvalue weighted by atomic mass is 32.2. The van der Waals surface area contributed by atoms with Crippen LogP contribution in [-0.2, 0) is 19.3 Å². The largest absolute Gasteiger partial charge is 0.497 e.